The highest BCUT2D eigenvalue weighted by Crippen LogP contribution is 2.17. The number of aliphatic imine (C=N–C) groups is 1. The number of nitrogens with zero attached hydrogens (tertiary/aromatic N) is 3. The number of methoxy groups -OCH3 is 1. The number of hydrogen-bond donors (Lipinski definition) is 2. The van der Waals surface area contributed by atoms with Gasteiger partial charge < -0.3 is 20.1 Å². The van der Waals surface area contributed by atoms with Gasteiger partial charge in [0.2, 0.25) is 0 Å². The Labute approximate surface area is 184 Å². The molecule has 0 radical (unpaired) electrons. The van der Waals surface area contributed by atoms with Crippen LogP contribution in [-0.4, -0.2) is 49.1 Å². The molecule has 1 heterocycles. The van der Waals surface area contributed by atoms with Gasteiger partial charge in [-0.3, -0.25) is 4.99 Å². The van der Waals surface area contributed by atoms with Crippen LogP contribution in [-0.2, 0) is 17.8 Å². The van der Waals surface area contributed by atoms with Crippen molar-refractivity contribution in [1.82, 2.24) is 20.4 Å². The Balaban J connectivity index is 1.40. The molecule has 7 heteroatoms. The maximum absolute atomic E-state index is 5.76. The Morgan fingerprint density at radius 3 is 2.65 bits per heavy atom. The molecule has 0 bridgehead atoms. The SMILES string of the molecule is CCNC(=NCCOCc1ccccc1OC)NCCc1ccc(-n2cccn2)cc1. The van der Waals surface area contributed by atoms with Crippen molar-refractivity contribution in [3.05, 3.63) is 78.1 Å². The van der Waals surface area contributed by atoms with Gasteiger partial charge in [-0.1, -0.05) is 30.3 Å². The topological polar surface area (TPSA) is 72.7 Å². The fourth-order valence-corrected chi connectivity index (χ4v) is 3.13. The molecule has 164 valence electrons. The van der Waals surface area contributed by atoms with Crippen LogP contribution in [0.2, 0.25) is 0 Å². The molecular weight excluding hydrogens is 390 g/mol. The molecule has 3 rings (SSSR count). The summed E-state index contributed by atoms with van der Waals surface area (Å²) in [7, 11) is 1.67. The standard InChI is InChI=1S/C24H31N5O2/c1-3-25-24(27-16-18-31-19-21-7-4-5-8-23(21)30-2)26-15-13-20-9-11-22(12-10-20)29-17-6-14-28-29/h4-12,14,17H,3,13,15-16,18-19H2,1-2H3,(H2,25,26,27). The predicted molar refractivity (Wildman–Crippen MR) is 124 cm³/mol. The summed E-state index contributed by atoms with van der Waals surface area (Å²) in [6.45, 7) is 5.31. The number of rotatable bonds is 11. The van der Waals surface area contributed by atoms with Crippen molar-refractivity contribution in [1.29, 1.82) is 0 Å². The zero-order chi connectivity index (χ0) is 21.7. The van der Waals surface area contributed by atoms with Gasteiger partial charge >= 0.3 is 0 Å². The summed E-state index contributed by atoms with van der Waals surface area (Å²) in [5.74, 6) is 1.65. The molecule has 0 aliphatic heterocycles. The minimum atomic E-state index is 0.512. The van der Waals surface area contributed by atoms with E-state index in [2.05, 4.69) is 51.9 Å². The number of ether oxygens (including phenoxy) is 2. The van der Waals surface area contributed by atoms with E-state index in [0.717, 1.165) is 42.5 Å². The molecule has 2 aromatic carbocycles. The molecule has 0 aliphatic rings. The highest BCUT2D eigenvalue weighted by atomic mass is 16.5. The van der Waals surface area contributed by atoms with Crippen molar-refractivity contribution in [2.45, 2.75) is 20.0 Å². The molecular formula is C24H31N5O2. The van der Waals surface area contributed by atoms with Crippen molar-refractivity contribution >= 4 is 5.96 Å². The molecule has 0 fully saturated rings. The van der Waals surface area contributed by atoms with Crippen LogP contribution >= 0.6 is 0 Å². The van der Waals surface area contributed by atoms with E-state index in [-0.39, 0.29) is 0 Å². The molecule has 0 saturated heterocycles. The zero-order valence-electron chi connectivity index (χ0n) is 18.3. The molecule has 0 atom stereocenters. The van der Waals surface area contributed by atoms with Crippen LogP contribution in [0.1, 0.15) is 18.1 Å². The Morgan fingerprint density at radius 1 is 1.06 bits per heavy atom. The van der Waals surface area contributed by atoms with Gasteiger partial charge in [0.05, 0.1) is 32.6 Å². The molecule has 0 amide bonds. The van der Waals surface area contributed by atoms with Gasteiger partial charge in [-0.15, -0.1) is 0 Å². The molecule has 0 spiro atoms. The average molecular weight is 422 g/mol. The molecule has 0 aliphatic carbocycles. The highest BCUT2D eigenvalue weighted by molar-refractivity contribution is 5.79. The molecule has 31 heavy (non-hydrogen) atoms. The van der Waals surface area contributed by atoms with Gasteiger partial charge in [0.1, 0.15) is 5.75 Å². The van der Waals surface area contributed by atoms with Gasteiger partial charge in [0, 0.05) is 31.0 Å². The summed E-state index contributed by atoms with van der Waals surface area (Å²) in [5, 5.41) is 10.9. The Bertz CT molecular complexity index is 923. The van der Waals surface area contributed by atoms with E-state index in [1.165, 1.54) is 5.56 Å². The fourth-order valence-electron chi connectivity index (χ4n) is 3.13. The van der Waals surface area contributed by atoms with Crippen LogP contribution in [0, 0.1) is 0 Å². The van der Waals surface area contributed by atoms with E-state index in [4.69, 9.17) is 9.47 Å². The number of benzene rings is 2. The molecule has 2 N–H and O–H groups in total. The lowest BCUT2D eigenvalue weighted by molar-refractivity contribution is 0.126. The summed E-state index contributed by atoms with van der Waals surface area (Å²) in [6.07, 6.45) is 4.63. The maximum Gasteiger partial charge on any atom is 0.191 e. The molecule has 7 nitrogen and oxygen atoms in total. The van der Waals surface area contributed by atoms with Gasteiger partial charge in [-0.2, -0.15) is 5.10 Å². The molecule has 3 aromatic rings. The first kappa shape index (κ1) is 22.4. The summed E-state index contributed by atoms with van der Waals surface area (Å²) in [6, 6.07) is 18.2. The lowest BCUT2D eigenvalue weighted by Crippen LogP contribution is -2.38. The van der Waals surface area contributed by atoms with Crippen LogP contribution in [0.3, 0.4) is 0 Å². The third kappa shape index (κ3) is 7.15. The third-order valence-corrected chi connectivity index (χ3v) is 4.71. The summed E-state index contributed by atoms with van der Waals surface area (Å²) in [5.41, 5.74) is 3.36. The van der Waals surface area contributed by atoms with E-state index in [1.807, 2.05) is 41.2 Å². The quantitative estimate of drug-likeness (QED) is 0.283. The van der Waals surface area contributed by atoms with Crippen molar-refractivity contribution in [2.75, 3.05) is 33.4 Å². The highest BCUT2D eigenvalue weighted by Gasteiger charge is 2.02. The molecule has 0 saturated carbocycles. The van der Waals surface area contributed by atoms with Gasteiger partial charge in [-0.25, -0.2) is 4.68 Å². The number of para-hydroxylation sites is 1. The third-order valence-electron chi connectivity index (χ3n) is 4.71. The van der Waals surface area contributed by atoms with E-state index in [1.54, 1.807) is 13.3 Å². The largest absolute Gasteiger partial charge is 0.496 e. The van der Waals surface area contributed by atoms with Gasteiger partial charge in [-0.05, 0) is 43.2 Å². The lowest BCUT2D eigenvalue weighted by Gasteiger charge is -2.12. The summed E-state index contributed by atoms with van der Waals surface area (Å²) >= 11 is 0. The second-order valence-corrected chi connectivity index (χ2v) is 6.92. The van der Waals surface area contributed by atoms with Crippen molar-refractivity contribution in [3.63, 3.8) is 0 Å². The first-order valence-electron chi connectivity index (χ1n) is 10.6. The number of nitrogens with one attached hydrogen (secondary N) is 2. The summed E-state index contributed by atoms with van der Waals surface area (Å²) < 4.78 is 13.0. The van der Waals surface area contributed by atoms with Gasteiger partial charge in [0.15, 0.2) is 5.96 Å². The maximum atomic E-state index is 5.76. The second-order valence-electron chi connectivity index (χ2n) is 6.92. The first-order valence-corrected chi connectivity index (χ1v) is 10.6. The van der Waals surface area contributed by atoms with E-state index in [0.29, 0.717) is 19.8 Å². The Morgan fingerprint density at radius 2 is 1.90 bits per heavy atom. The fraction of sp³-hybridized carbons (Fsp3) is 0.333. The minimum Gasteiger partial charge on any atom is -0.496 e. The average Bonchev–Trinajstić information content (AvgIpc) is 3.34. The van der Waals surface area contributed by atoms with Gasteiger partial charge in [0.25, 0.3) is 0 Å². The summed E-state index contributed by atoms with van der Waals surface area (Å²) in [4.78, 5) is 4.59. The predicted octanol–water partition coefficient (Wildman–Crippen LogP) is 3.20. The van der Waals surface area contributed by atoms with E-state index < -0.39 is 0 Å². The van der Waals surface area contributed by atoms with Crippen LogP contribution in [0.4, 0.5) is 0 Å². The van der Waals surface area contributed by atoms with Crippen LogP contribution in [0.25, 0.3) is 5.69 Å². The monoisotopic (exact) mass is 421 g/mol. The van der Waals surface area contributed by atoms with Crippen molar-refractivity contribution in [3.8, 4) is 11.4 Å². The van der Waals surface area contributed by atoms with E-state index >= 15 is 0 Å². The second kappa shape index (κ2) is 12.4. The number of aromatic nitrogens is 2. The Kier molecular flexibility index (Phi) is 8.94. The minimum absolute atomic E-state index is 0.512. The van der Waals surface area contributed by atoms with Crippen LogP contribution in [0.15, 0.2) is 72.0 Å². The van der Waals surface area contributed by atoms with Crippen molar-refractivity contribution in [2.24, 2.45) is 4.99 Å². The zero-order valence-corrected chi connectivity index (χ0v) is 18.3. The smallest absolute Gasteiger partial charge is 0.191 e. The number of hydrogen-bond acceptors (Lipinski definition) is 4. The number of guanidine groups is 1. The first-order chi connectivity index (χ1) is 15.3. The van der Waals surface area contributed by atoms with Crippen molar-refractivity contribution < 1.29 is 9.47 Å². The van der Waals surface area contributed by atoms with Crippen LogP contribution in [0.5, 0.6) is 5.75 Å². The Hall–Kier alpha value is -3.32. The molecule has 1 aromatic heterocycles. The normalized spacial score (nSPS) is 11.4. The molecule has 0 unspecified atom stereocenters. The van der Waals surface area contributed by atoms with E-state index in [9.17, 15) is 0 Å². The lowest BCUT2D eigenvalue weighted by atomic mass is 10.1. The van der Waals surface area contributed by atoms with Crippen LogP contribution < -0.4 is 15.4 Å².